The van der Waals surface area contributed by atoms with Crippen molar-refractivity contribution in [1.29, 1.82) is 0 Å². The van der Waals surface area contributed by atoms with E-state index in [1.165, 1.54) is 6.92 Å². The van der Waals surface area contributed by atoms with Crippen molar-refractivity contribution in [2.24, 2.45) is 0 Å². The molecule has 2 aromatic carbocycles. The fourth-order valence-corrected chi connectivity index (χ4v) is 2.64. The van der Waals surface area contributed by atoms with Gasteiger partial charge >= 0.3 is 5.91 Å². The Morgan fingerprint density at radius 2 is 1.62 bits per heavy atom. The second-order valence-corrected chi connectivity index (χ2v) is 5.88. The molecule has 1 aromatic heterocycles. The molecule has 0 aliphatic rings. The Labute approximate surface area is 152 Å². The molecule has 0 unspecified atom stereocenters. The van der Waals surface area contributed by atoms with Crippen molar-refractivity contribution in [3.63, 3.8) is 0 Å². The molecule has 130 valence electrons. The summed E-state index contributed by atoms with van der Waals surface area (Å²) in [5, 5.41) is 2.70. The fraction of sp³-hybridized carbons (Fsp3) is 0.0952. The molecule has 0 radical (unpaired) electrons. The SMILES string of the molecule is CC(=O)Nc1ccc(C(=O)N(Cc2ccccc2)c2cccc[nH+]2)cc1. The third-order valence-electron chi connectivity index (χ3n) is 3.86. The number of aromatic nitrogens is 1. The smallest absolute Gasteiger partial charge is 0.326 e. The second kappa shape index (κ2) is 8.07. The summed E-state index contributed by atoms with van der Waals surface area (Å²) in [5.74, 6) is 0.451. The van der Waals surface area contributed by atoms with Gasteiger partial charge in [-0.05, 0) is 35.9 Å². The molecule has 0 atom stereocenters. The van der Waals surface area contributed by atoms with Gasteiger partial charge in [0.15, 0.2) is 0 Å². The Kier molecular flexibility index (Phi) is 5.39. The highest BCUT2D eigenvalue weighted by molar-refractivity contribution is 6.05. The summed E-state index contributed by atoms with van der Waals surface area (Å²) in [7, 11) is 0. The standard InChI is InChI=1S/C21H19N3O2/c1-16(25)23-19-12-10-18(11-13-19)21(26)24(20-9-5-6-14-22-20)15-17-7-3-2-4-8-17/h2-14H,15H2,1H3,(H,23,25)/p+1. The van der Waals surface area contributed by atoms with Crippen LogP contribution in [0.15, 0.2) is 79.0 Å². The number of aromatic amines is 1. The third kappa shape index (κ3) is 4.33. The van der Waals surface area contributed by atoms with Gasteiger partial charge in [0, 0.05) is 18.7 Å². The molecule has 2 amide bonds. The topological polar surface area (TPSA) is 63.6 Å². The molecule has 1 heterocycles. The van der Waals surface area contributed by atoms with Gasteiger partial charge in [0.1, 0.15) is 6.54 Å². The summed E-state index contributed by atoms with van der Waals surface area (Å²) in [6, 6.07) is 22.3. The molecule has 0 saturated heterocycles. The highest BCUT2D eigenvalue weighted by Gasteiger charge is 2.26. The molecule has 5 heteroatoms. The number of anilines is 2. The van der Waals surface area contributed by atoms with Crippen LogP contribution in [0.25, 0.3) is 0 Å². The molecule has 0 aliphatic heterocycles. The van der Waals surface area contributed by atoms with Gasteiger partial charge in [-0.15, -0.1) is 0 Å². The van der Waals surface area contributed by atoms with Crippen LogP contribution in [0.2, 0.25) is 0 Å². The zero-order valence-corrected chi connectivity index (χ0v) is 14.5. The van der Waals surface area contributed by atoms with Crippen molar-refractivity contribution >= 4 is 23.3 Å². The van der Waals surface area contributed by atoms with E-state index in [2.05, 4.69) is 10.3 Å². The lowest BCUT2D eigenvalue weighted by Crippen LogP contribution is -2.34. The van der Waals surface area contributed by atoms with Crippen molar-refractivity contribution in [2.45, 2.75) is 13.5 Å². The molecular weight excluding hydrogens is 326 g/mol. The monoisotopic (exact) mass is 346 g/mol. The summed E-state index contributed by atoms with van der Waals surface area (Å²) in [4.78, 5) is 29.1. The summed E-state index contributed by atoms with van der Waals surface area (Å²) in [6.45, 7) is 1.90. The zero-order valence-electron chi connectivity index (χ0n) is 14.5. The van der Waals surface area contributed by atoms with E-state index in [9.17, 15) is 9.59 Å². The summed E-state index contributed by atoms with van der Waals surface area (Å²) in [6.07, 6.45) is 1.79. The number of hydrogen-bond acceptors (Lipinski definition) is 2. The van der Waals surface area contributed by atoms with Crippen molar-refractivity contribution in [3.05, 3.63) is 90.1 Å². The van der Waals surface area contributed by atoms with Gasteiger partial charge in [0.25, 0.3) is 5.82 Å². The van der Waals surface area contributed by atoms with Crippen molar-refractivity contribution in [3.8, 4) is 0 Å². The van der Waals surface area contributed by atoms with Crippen LogP contribution in [0.3, 0.4) is 0 Å². The van der Waals surface area contributed by atoms with Crippen LogP contribution in [-0.4, -0.2) is 11.8 Å². The van der Waals surface area contributed by atoms with Crippen molar-refractivity contribution < 1.29 is 14.6 Å². The predicted molar refractivity (Wildman–Crippen MR) is 101 cm³/mol. The maximum absolute atomic E-state index is 13.1. The molecule has 2 N–H and O–H groups in total. The molecule has 0 bridgehead atoms. The Hall–Kier alpha value is -3.47. The van der Waals surface area contributed by atoms with Gasteiger partial charge in [-0.1, -0.05) is 36.4 Å². The van der Waals surface area contributed by atoms with Crippen LogP contribution < -0.4 is 15.2 Å². The van der Waals surface area contributed by atoms with Crippen LogP contribution in [0.4, 0.5) is 11.5 Å². The van der Waals surface area contributed by atoms with Crippen LogP contribution >= 0.6 is 0 Å². The number of nitrogens with zero attached hydrogens (tertiary/aromatic N) is 1. The Balaban J connectivity index is 1.88. The minimum atomic E-state index is -0.145. The minimum absolute atomic E-state index is 0.120. The van der Waals surface area contributed by atoms with Crippen LogP contribution in [0.5, 0.6) is 0 Å². The molecule has 0 saturated carbocycles. The van der Waals surface area contributed by atoms with E-state index < -0.39 is 0 Å². The van der Waals surface area contributed by atoms with E-state index in [0.29, 0.717) is 23.6 Å². The first kappa shape index (κ1) is 17.4. The number of pyridine rings is 1. The van der Waals surface area contributed by atoms with E-state index in [1.54, 1.807) is 35.4 Å². The number of carbonyl (C=O) groups is 2. The molecule has 5 nitrogen and oxygen atoms in total. The van der Waals surface area contributed by atoms with Gasteiger partial charge < -0.3 is 5.32 Å². The Bertz CT molecular complexity index is 878. The largest absolute Gasteiger partial charge is 0.341 e. The molecule has 3 rings (SSSR count). The summed E-state index contributed by atoms with van der Waals surface area (Å²) in [5.41, 5.74) is 2.25. The molecule has 26 heavy (non-hydrogen) atoms. The van der Waals surface area contributed by atoms with Gasteiger partial charge in [-0.2, -0.15) is 4.90 Å². The van der Waals surface area contributed by atoms with Gasteiger partial charge in [0.2, 0.25) is 5.91 Å². The van der Waals surface area contributed by atoms with Crippen molar-refractivity contribution in [2.75, 3.05) is 10.2 Å². The normalized spacial score (nSPS) is 10.2. The average molecular weight is 346 g/mol. The Morgan fingerprint density at radius 3 is 2.23 bits per heavy atom. The lowest BCUT2D eigenvalue weighted by Gasteiger charge is -2.15. The van der Waals surface area contributed by atoms with Crippen LogP contribution in [0.1, 0.15) is 22.8 Å². The molecular formula is C21H20N3O2+. The number of nitrogens with one attached hydrogen (secondary N) is 2. The van der Waals surface area contributed by atoms with E-state index in [1.807, 2.05) is 48.5 Å². The predicted octanol–water partition coefficient (Wildman–Crippen LogP) is 3.31. The first-order chi connectivity index (χ1) is 12.6. The molecule has 0 spiro atoms. The minimum Gasteiger partial charge on any atom is -0.326 e. The van der Waals surface area contributed by atoms with Crippen molar-refractivity contribution in [1.82, 2.24) is 0 Å². The number of amides is 2. The van der Waals surface area contributed by atoms with Gasteiger partial charge in [-0.25, -0.2) is 9.78 Å². The maximum Gasteiger partial charge on any atom is 0.341 e. The lowest BCUT2D eigenvalue weighted by molar-refractivity contribution is -0.363. The number of carbonyl (C=O) groups excluding carboxylic acids is 2. The second-order valence-electron chi connectivity index (χ2n) is 5.88. The number of benzene rings is 2. The third-order valence-corrected chi connectivity index (χ3v) is 3.86. The van der Waals surface area contributed by atoms with E-state index in [-0.39, 0.29) is 11.8 Å². The number of rotatable bonds is 5. The Morgan fingerprint density at radius 1 is 0.923 bits per heavy atom. The number of hydrogen-bond donors (Lipinski definition) is 1. The van der Waals surface area contributed by atoms with Crippen LogP contribution in [-0.2, 0) is 11.3 Å². The van der Waals surface area contributed by atoms with E-state index in [4.69, 9.17) is 0 Å². The van der Waals surface area contributed by atoms with Gasteiger partial charge in [0.05, 0.1) is 11.8 Å². The highest BCUT2D eigenvalue weighted by atomic mass is 16.2. The quantitative estimate of drug-likeness (QED) is 0.770. The molecule has 0 fully saturated rings. The number of H-pyrrole nitrogens is 1. The van der Waals surface area contributed by atoms with Gasteiger partial charge in [-0.3, -0.25) is 4.79 Å². The molecule has 0 aliphatic carbocycles. The fourth-order valence-electron chi connectivity index (χ4n) is 2.64. The first-order valence-corrected chi connectivity index (χ1v) is 8.33. The van der Waals surface area contributed by atoms with E-state index >= 15 is 0 Å². The highest BCUT2D eigenvalue weighted by Crippen LogP contribution is 2.17. The average Bonchev–Trinajstić information content (AvgIpc) is 2.67. The maximum atomic E-state index is 13.1. The summed E-state index contributed by atoms with van der Waals surface area (Å²) < 4.78 is 0. The van der Waals surface area contributed by atoms with Crippen LogP contribution in [0, 0.1) is 0 Å². The first-order valence-electron chi connectivity index (χ1n) is 8.33. The zero-order chi connectivity index (χ0) is 18.4. The lowest BCUT2D eigenvalue weighted by atomic mass is 10.1. The summed E-state index contributed by atoms with van der Waals surface area (Å²) >= 11 is 0. The molecule has 3 aromatic rings. The van der Waals surface area contributed by atoms with E-state index in [0.717, 1.165) is 5.56 Å².